The first-order chi connectivity index (χ1) is 10.2. The van der Waals surface area contributed by atoms with Gasteiger partial charge in [-0.25, -0.2) is 0 Å². The predicted octanol–water partition coefficient (Wildman–Crippen LogP) is 3.86. The van der Waals surface area contributed by atoms with Gasteiger partial charge < -0.3 is 10.2 Å². The van der Waals surface area contributed by atoms with Gasteiger partial charge in [0.1, 0.15) is 0 Å². The number of aryl methyl sites for hydroxylation is 2. The van der Waals surface area contributed by atoms with Crippen LogP contribution in [0, 0.1) is 13.8 Å². The van der Waals surface area contributed by atoms with E-state index in [1.165, 1.54) is 26.6 Å². The second-order valence-electron chi connectivity index (χ2n) is 5.60. The lowest BCUT2D eigenvalue weighted by molar-refractivity contribution is 0.589. The van der Waals surface area contributed by atoms with Crippen LogP contribution in [0.25, 0.3) is 0 Å². The molecule has 0 radical (unpaired) electrons. The fourth-order valence-corrected chi connectivity index (χ4v) is 3.57. The highest BCUT2D eigenvalue weighted by Gasteiger charge is 2.10. The Morgan fingerprint density at radius 3 is 2.33 bits per heavy atom. The Labute approximate surface area is 131 Å². The van der Waals surface area contributed by atoms with E-state index in [-0.39, 0.29) is 0 Å². The number of hydrogen-bond donors (Lipinski definition) is 1. The second-order valence-corrected chi connectivity index (χ2v) is 6.72. The molecule has 0 atom stereocenters. The average molecular weight is 298 g/mol. The van der Waals surface area contributed by atoms with Crippen molar-refractivity contribution in [2.24, 2.45) is 0 Å². The van der Waals surface area contributed by atoms with Crippen molar-refractivity contribution in [2.45, 2.75) is 23.6 Å². The molecule has 0 saturated carbocycles. The Balaban J connectivity index is 1.71. The molecule has 0 spiro atoms. The van der Waals surface area contributed by atoms with Crippen LogP contribution in [0.4, 0.5) is 5.69 Å². The number of nitrogens with one attached hydrogen (secondary N) is 1. The summed E-state index contributed by atoms with van der Waals surface area (Å²) in [6.45, 7) is 8.69. The summed E-state index contributed by atoms with van der Waals surface area (Å²) in [6.07, 6.45) is 0. The summed E-state index contributed by atoms with van der Waals surface area (Å²) in [7, 11) is 0. The molecule has 1 fully saturated rings. The van der Waals surface area contributed by atoms with Gasteiger partial charge in [-0.15, -0.1) is 0 Å². The van der Waals surface area contributed by atoms with Crippen molar-refractivity contribution >= 4 is 17.4 Å². The van der Waals surface area contributed by atoms with Crippen molar-refractivity contribution in [3.63, 3.8) is 0 Å². The summed E-state index contributed by atoms with van der Waals surface area (Å²) in [5.41, 5.74) is 4.01. The highest BCUT2D eigenvalue weighted by Crippen LogP contribution is 2.31. The lowest BCUT2D eigenvalue weighted by Crippen LogP contribution is -2.43. The van der Waals surface area contributed by atoms with Crippen molar-refractivity contribution in [3.8, 4) is 0 Å². The minimum atomic E-state index is 1.08. The maximum Gasteiger partial charge on any atom is 0.0367 e. The molecule has 2 aromatic carbocycles. The topological polar surface area (TPSA) is 15.3 Å². The predicted molar refractivity (Wildman–Crippen MR) is 91.6 cm³/mol. The maximum atomic E-state index is 3.39. The van der Waals surface area contributed by atoms with Crippen molar-refractivity contribution in [3.05, 3.63) is 53.6 Å². The average Bonchev–Trinajstić information content (AvgIpc) is 2.52. The van der Waals surface area contributed by atoms with E-state index in [1.54, 1.807) is 0 Å². The second kappa shape index (κ2) is 6.54. The van der Waals surface area contributed by atoms with Gasteiger partial charge in [-0.3, -0.25) is 0 Å². The molecule has 21 heavy (non-hydrogen) atoms. The van der Waals surface area contributed by atoms with Gasteiger partial charge in [0.15, 0.2) is 0 Å². The van der Waals surface area contributed by atoms with Crippen LogP contribution in [0.5, 0.6) is 0 Å². The third kappa shape index (κ3) is 3.60. The maximum absolute atomic E-state index is 3.39. The van der Waals surface area contributed by atoms with Crippen molar-refractivity contribution < 1.29 is 0 Å². The van der Waals surface area contributed by atoms with Crippen LogP contribution in [0.3, 0.4) is 0 Å². The van der Waals surface area contributed by atoms with Crippen molar-refractivity contribution in [1.29, 1.82) is 0 Å². The van der Waals surface area contributed by atoms with Gasteiger partial charge in [0, 0.05) is 41.7 Å². The van der Waals surface area contributed by atoms with Crippen molar-refractivity contribution in [2.75, 3.05) is 31.1 Å². The Bertz CT molecular complexity index is 601. The first-order valence-corrected chi connectivity index (χ1v) is 8.35. The van der Waals surface area contributed by atoms with E-state index in [0.29, 0.717) is 0 Å². The molecule has 1 aliphatic rings. The van der Waals surface area contributed by atoms with Crippen LogP contribution in [-0.4, -0.2) is 26.2 Å². The highest BCUT2D eigenvalue weighted by molar-refractivity contribution is 7.99. The van der Waals surface area contributed by atoms with Gasteiger partial charge in [-0.2, -0.15) is 0 Å². The third-order valence-corrected chi connectivity index (χ3v) is 5.06. The molecule has 1 N–H and O–H groups in total. The minimum absolute atomic E-state index is 1.08. The number of piperazine rings is 1. The normalized spacial score (nSPS) is 15.2. The van der Waals surface area contributed by atoms with Gasteiger partial charge in [0.05, 0.1) is 0 Å². The van der Waals surface area contributed by atoms with Gasteiger partial charge in [-0.1, -0.05) is 29.5 Å². The first kappa shape index (κ1) is 14.5. The molecule has 1 heterocycles. The van der Waals surface area contributed by atoms with Gasteiger partial charge in [0.25, 0.3) is 0 Å². The molecule has 0 bridgehead atoms. The van der Waals surface area contributed by atoms with Crippen molar-refractivity contribution in [1.82, 2.24) is 5.32 Å². The molecule has 3 rings (SSSR count). The van der Waals surface area contributed by atoms with E-state index in [4.69, 9.17) is 0 Å². The molecule has 2 aromatic rings. The first-order valence-electron chi connectivity index (χ1n) is 7.53. The number of rotatable bonds is 3. The molecular formula is C18H22N2S. The van der Waals surface area contributed by atoms with Gasteiger partial charge >= 0.3 is 0 Å². The van der Waals surface area contributed by atoms with Crippen LogP contribution < -0.4 is 10.2 Å². The zero-order valence-electron chi connectivity index (χ0n) is 12.7. The molecule has 110 valence electrons. The van der Waals surface area contributed by atoms with Crippen LogP contribution in [0.15, 0.2) is 52.3 Å². The zero-order valence-corrected chi connectivity index (χ0v) is 13.5. The van der Waals surface area contributed by atoms with E-state index >= 15 is 0 Å². The summed E-state index contributed by atoms with van der Waals surface area (Å²) in [5.74, 6) is 0. The van der Waals surface area contributed by atoms with Gasteiger partial charge in [0.2, 0.25) is 0 Å². The molecule has 2 nitrogen and oxygen atoms in total. The van der Waals surface area contributed by atoms with Crippen LogP contribution in [-0.2, 0) is 0 Å². The zero-order chi connectivity index (χ0) is 14.7. The third-order valence-electron chi connectivity index (χ3n) is 3.88. The van der Waals surface area contributed by atoms with E-state index in [2.05, 4.69) is 66.5 Å². The highest BCUT2D eigenvalue weighted by atomic mass is 32.2. The molecule has 0 unspecified atom stereocenters. The Kier molecular flexibility index (Phi) is 4.51. The summed E-state index contributed by atoms with van der Waals surface area (Å²) < 4.78 is 0. The van der Waals surface area contributed by atoms with E-state index < -0.39 is 0 Å². The molecule has 3 heteroatoms. The number of anilines is 1. The molecule has 0 amide bonds. The summed E-state index contributed by atoms with van der Waals surface area (Å²) in [5, 5.41) is 3.39. The molecule has 1 saturated heterocycles. The Morgan fingerprint density at radius 1 is 0.952 bits per heavy atom. The summed E-state index contributed by atoms with van der Waals surface area (Å²) in [4.78, 5) is 5.10. The minimum Gasteiger partial charge on any atom is -0.369 e. The van der Waals surface area contributed by atoms with Crippen LogP contribution in [0.1, 0.15) is 11.1 Å². The SMILES string of the molecule is Cc1ccc(Sc2ccc(N3CCNCC3)cc2)c(C)c1. The summed E-state index contributed by atoms with van der Waals surface area (Å²) >= 11 is 1.85. The molecule has 1 aliphatic heterocycles. The number of nitrogens with zero attached hydrogens (tertiary/aromatic N) is 1. The van der Waals surface area contributed by atoms with E-state index in [1.807, 2.05) is 11.8 Å². The van der Waals surface area contributed by atoms with E-state index in [9.17, 15) is 0 Å². The van der Waals surface area contributed by atoms with Crippen LogP contribution in [0.2, 0.25) is 0 Å². The number of hydrogen-bond acceptors (Lipinski definition) is 3. The fourth-order valence-electron chi connectivity index (χ4n) is 2.69. The Hall–Kier alpha value is -1.45. The van der Waals surface area contributed by atoms with E-state index in [0.717, 1.165) is 26.2 Å². The lowest BCUT2D eigenvalue weighted by Gasteiger charge is -2.29. The quantitative estimate of drug-likeness (QED) is 0.926. The lowest BCUT2D eigenvalue weighted by atomic mass is 10.2. The van der Waals surface area contributed by atoms with Gasteiger partial charge in [-0.05, 0) is 49.7 Å². The summed E-state index contributed by atoms with van der Waals surface area (Å²) in [6, 6.07) is 15.6. The molecule has 0 aromatic heterocycles. The fraction of sp³-hybridized carbons (Fsp3) is 0.333. The van der Waals surface area contributed by atoms with Crippen LogP contribution >= 0.6 is 11.8 Å². The number of benzene rings is 2. The molecule has 0 aliphatic carbocycles. The standard InChI is InChI=1S/C18H22N2S/c1-14-3-8-18(15(2)13-14)21-17-6-4-16(5-7-17)20-11-9-19-10-12-20/h3-8,13,19H,9-12H2,1-2H3. The smallest absolute Gasteiger partial charge is 0.0367 e. The molecular weight excluding hydrogens is 276 g/mol. The monoisotopic (exact) mass is 298 g/mol. The largest absolute Gasteiger partial charge is 0.369 e. The Morgan fingerprint density at radius 2 is 1.67 bits per heavy atom.